The van der Waals surface area contributed by atoms with Gasteiger partial charge in [-0.05, 0) is 25.7 Å². The van der Waals surface area contributed by atoms with Crippen molar-refractivity contribution in [2.24, 2.45) is 0 Å². The van der Waals surface area contributed by atoms with Crippen molar-refractivity contribution in [2.75, 3.05) is 5.73 Å². The lowest BCUT2D eigenvalue weighted by Crippen LogP contribution is -2.06. The molecule has 1 aromatic rings. The maximum atomic E-state index is 5.62. The summed E-state index contributed by atoms with van der Waals surface area (Å²) in [4.78, 5) is 4.30. The van der Waals surface area contributed by atoms with Gasteiger partial charge >= 0.3 is 0 Å². The summed E-state index contributed by atoms with van der Waals surface area (Å²) in [6, 6.07) is 0. The predicted molar refractivity (Wildman–Crippen MR) is 54.0 cm³/mol. The second-order valence-electron chi connectivity index (χ2n) is 2.97. The number of hydrogen-bond acceptors (Lipinski definition) is 4. The van der Waals surface area contributed by atoms with E-state index in [1.165, 1.54) is 29.7 Å². The minimum absolute atomic E-state index is 0.612. The molecule has 1 aliphatic carbocycles. The number of nitrogens with zero attached hydrogens (tertiary/aromatic N) is 1. The lowest BCUT2D eigenvalue weighted by Gasteiger charge is -2.13. The normalized spacial score (nSPS) is 15.7. The standard InChI is InChI=1S/C8H10N2S2/c9-8-10-6-4-2-1-3-5(6)7(11)12-8/h1-4H2,(H2,9,10). The van der Waals surface area contributed by atoms with Crippen molar-refractivity contribution in [3.05, 3.63) is 15.1 Å². The van der Waals surface area contributed by atoms with Gasteiger partial charge < -0.3 is 5.73 Å². The Labute approximate surface area is 80.5 Å². The van der Waals surface area contributed by atoms with E-state index in [9.17, 15) is 0 Å². The molecule has 1 aliphatic rings. The Morgan fingerprint density at radius 2 is 2.08 bits per heavy atom. The third kappa shape index (κ3) is 1.36. The van der Waals surface area contributed by atoms with Crippen LogP contribution in [0.5, 0.6) is 0 Å². The van der Waals surface area contributed by atoms with Crippen molar-refractivity contribution in [3.8, 4) is 0 Å². The topological polar surface area (TPSA) is 38.9 Å². The molecule has 0 spiro atoms. The number of hydrogen-bond donors (Lipinski definition) is 1. The summed E-state index contributed by atoms with van der Waals surface area (Å²) < 4.78 is 0.942. The van der Waals surface area contributed by atoms with Gasteiger partial charge in [-0.3, -0.25) is 0 Å². The van der Waals surface area contributed by atoms with Gasteiger partial charge in [0, 0.05) is 11.3 Å². The number of fused-ring (bicyclic) bond motifs is 1. The minimum atomic E-state index is 0.612. The van der Waals surface area contributed by atoms with Gasteiger partial charge in [0.05, 0.1) is 3.82 Å². The van der Waals surface area contributed by atoms with Crippen molar-refractivity contribution >= 4 is 28.7 Å². The van der Waals surface area contributed by atoms with Gasteiger partial charge in [0.2, 0.25) is 0 Å². The van der Waals surface area contributed by atoms with Gasteiger partial charge in [-0.25, -0.2) is 4.98 Å². The quantitative estimate of drug-likeness (QED) is 0.650. The maximum Gasteiger partial charge on any atom is 0.181 e. The Hall–Kier alpha value is -0.480. The first kappa shape index (κ1) is 8.13. The van der Waals surface area contributed by atoms with E-state index in [1.807, 2.05) is 0 Å². The number of aryl methyl sites for hydroxylation is 1. The molecule has 0 amide bonds. The summed E-state index contributed by atoms with van der Waals surface area (Å²) in [6.45, 7) is 0. The highest BCUT2D eigenvalue weighted by molar-refractivity contribution is 7.73. The Balaban J connectivity index is 2.60. The summed E-state index contributed by atoms with van der Waals surface area (Å²) in [7, 11) is 0. The lowest BCUT2D eigenvalue weighted by atomic mass is 9.98. The zero-order chi connectivity index (χ0) is 8.55. The van der Waals surface area contributed by atoms with Crippen LogP contribution in [0.25, 0.3) is 0 Å². The van der Waals surface area contributed by atoms with Crippen LogP contribution in [-0.2, 0) is 12.8 Å². The van der Waals surface area contributed by atoms with E-state index in [0.717, 1.165) is 22.4 Å². The van der Waals surface area contributed by atoms with Gasteiger partial charge in [-0.2, -0.15) is 0 Å². The highest BCUT2D eigenvalue weighted by atomic mass is 32.1. The second kappa shape index (κ2) is 3.11. The van der Waals surface area contributed by atoms with Crippen molar-refractivity contribution in [3.63, 3.8) is 0 Å². The van der Waals surface area contributed by atoms with E-state index in [4.69, 9.17) is 18.0 Å². The second-order valence-corrected chi connectivity index (χ2v) is 4.67. The average molecular weight is 198 g/mol. The molecule has 0 saturated carbocycles. The molecule has 0 aromatic carbocycles. The Kier molecular flexibility index (Phi) is 2.11. The molecule has 0 radical (unpaired) electrons. The van der Waals surface area contributed by atoms with Gasteiger partial charge in [0.15, 0.2) is 5.13 Å². The number of aromatic nitrogens is 1. The smallest absolute Gasteiger partial charge is 0.181 e. The summed E-state index contributed by atoms with van der Waals surface area (Å²) >= 11 is 6.65. The van der Waals surface area contributed by atoms with Crippen LogP contribution < -0.4 is 5.73 Å². The summed E-state index contributed by atoms with van der Waals surface area (Å²) in [5.74, 6) is 0. The molecule has 0 atom stereocenters. The maximum absolute atomic E-state index is 5.62. The van der Waals surface area contributed by atoms with E-state index >= 15 is 0 Å². The van der Waals surface area contributed by atoms with E-state index in [1.54, 1.807) is 0 Å². The number of nitrogen functional groups attached to an aromatic ring is 1. The molecule has 1 heterocycles. The minimum Gasteiger partial charge on any atom is -0.375 e. The third-order valence-corrected chi connectivity index (χ3v) is 3.36. The van der Waals surface area contributed by atoms with Crippen molar-refractivity contribution in [1.29, 1.82) is 0 Å². The summed E-state index contributed by atoms with van der Waals surface area (Å²) in [5.41, 5.74) is 8.04. The molecular formula is C8H10N2S2. The molecule has 0 saturated heterocycles. The fraction of sp³-hybridized carbons (Fsp3) is 0.500. The molecule has 12 heavy (non-hydrogen) atoms. The Morgan fingerprint density at radius 3 is 2.92 bits per heavy atom. The Bertz CT molecular complexity index is 357. The predicted octanol–water partition coefficient (Wildman–Crippen LogP) is 2.33. The molecule has 0 aliphatic heterocycles. The average Bonchev–Trinajstić information content (AvgIpc) is 2.04. The van der Waals surface area contributed by atoms with Crippen LogP contribution >= 0.6 is 23.6 Å². The monoisotopic (exact) mass is 198 g/mol. The van der Waals surface area contributed by atoms with E-state index in [0.29, 0.717) is 5.13 Å². The van der Waals surface area contributed by atoms with Gasteiger partial charge in [0.25, 0.3) is 0 Å². The van der Waals surface area contributed by atoms with Crippen molar-refractivity contribution in [1.82, 2.24) is 4.98 Å². The van der Waals surface area contributed by atoms with Crippen LogP contribution in [0.2, 0.25) is 0 Å². The zero-order valence-electron chi connectivity index (χ0n) is 6.67. The summed E-state index contributed by atoms with van der Waals surface area (Å²) in [6.07, 6.45) is 4.62. The van der Waals surface area contributed by atoms with Gasteiger partial charge in [0.1, 0.15) is 0 Å². The van der Waals surface area contributed by atoms with E-state index < -0.39 is 0 Å². The molecular weight excluding hydrogens is 188 g/mol. The van der Waals surface area contributed by atoms with Crippen LogP contribution in [0.3, 0.4) is 0 Å². The van der Waals surface area contributed by atoms with Gasteiger partial charge in [-0.1, -0.05) is 23.6 Å². The van der Waals surface area contributed by atoms with Crippen LogP contribution in [0.15, 0.2) is 0 Å². The first-order valence-corrected chi connectivity index (χ1v) is 5.28. The third-order valence-electron chi connectivity index (χ3n) is 2.13. The van der Waals surface area contributed by atoms with Crippen LogP contribution in [0.1, 0.15) is 24.1 Å². The fourth-order valence-corrected chi connectivity index (χ4v) is 2.71. The molecule has 2 nitrogen and oxygen atoms in total. The van der Waals surface area contributed by atoms with Crippen LogP contribution in [-0.4, -0.2) is 4.98 Å². The lowest BCUT2D eigenvalue weighted by molar-refractivity contribution is 0.670. The van der Waals surface area contributed by atoms with Crippen molar-refractivity contribution in [2.45, 2.75) is 25.7 Å². The van der Waals surface area contributed by atoms with Crippen LogP contribution in [0, 0.1) is 3.82 Å². The molecule has 64 valence electrons. The molecule has 0 fully saturated rings. The number of rotatable bonds is 0. The molecule has 2 rings (SSSR count). The molecule has 1 aromatic heterocycles. The molecule has 0 bridgehead atoms. The van der Waals surface area contributed by atoms with E-state index in [2.05, 4.69) is 4.98 Å². The van der Waals surface area contributed by atoms with Gasteiger partial charge in [-0.15, -0.1) is 0 Å². The molecule has 2 N–H and O–H groups in total. The molecule has 0 unspecified atom stereocenters. The zero-order valence-corrected chi connectivity index (χ0v) is 8.30. The SMILES string of the molecule is Nc1nc2c(c(=S)s1)CCCC2. The fourth-order valence-electron chi connectivity index (χ4n) is 1.55. The Morgan fingerprint density at radius 1 is 1.33 bits per heavy atom. The first-order valence-electron chi connectivity index (χ1n) is 4.06. The van der Waals surface area contributed by atoms with Crippen molar-refractivity contribution < 1.29 is 0 Å². The highest BCUT2D eigenvalue weighted by Gasteiger charge is 2.12. The van der Waals surface area contributed by atoms with Crippen LogP contribution in [0.4, 0.5) is 5.13 Å². The van der Waals surface area contributed by atoms with E-state index in [-0.39, 0.29) is 0 Å². The summed E-state index contributed by atoms with van der Waals surface area (Å²) in [5, 5.41) is 0.612. The largest absolute Gasteiger partial charge is 0.375 e. The number of nitrogens with two attached hydrogens (primary N) is 1. The highest BCUT2D eigenvalue weighted by Crippen LogP contribution is 2.24. The molecule has 4 heteroatoms. The first-order chi connectivity index (χ1) is 5.77. The number of anilines is 1.